The molecule has 1 aromatic heterocycles. The lowest BCUT2D eigenvalue weighted by Gasteiger charge is -2.22. The fraction of sp³-hybridized carbons (Fsp3) is 0.750. The number of likely N-dealkylation sites (N-methyl/N-ethyl adjacent to an activating group) is 1. The maximum atomic E-state index is 6.14. The number of anilines is 2. The van der Waals surface area contributed by atoms with Gasteiger partial charge in [0, 0.05) is 18.5 Å². The summed E-state index contributed by atoms with van der Waals surface area (Å²) in [4.78, 5) is 11.4. The first-order valence-corrected chi connectivity index (χ1v) is 8.10. The van der Waals surface area contributed by atoms with E-state index >= 15 is 0 Å². The number of nitrogens with zero attached hydrogens (tertiary/aromatic N) is 3. The third-order valence-electron chi connectivity index (χ3n) is 3.48. The topological polar surface area (TPSA) is 76.3 Å². The molecular weight excluding hydrogens is 278 g/mol. The van der Waals surface area contributed by atoms with E-state index in [1.165, 1.54) is 0 Å². The van der Waals surface area contributed by atoms with Crippen molar-refractivity contribution in [1.82, 2.24) is 14.9 Å². The Morgan fingerprint density at radius 2 is 1.77 bits per heavy atom. The first-order chi connectivity index (χ1) is 10.3. The van der Waals surface area contributed by atoms with Gasteiger partial charge < -0.3 is 20.7 Å². The molecule has 0 aliphatic heterocycles. The van der Waals surface area contributed by atoms with Gasteiger partial charge in [-0.2, -0.15) is 4.98 Å². The minimum Gasteiger partial charge on any atom is -0.476 e. The molecule has 3 N–H and O–H groups in total. The van der Waals surface area contributed by atoms with Crippen molar-refractivity contribution >= 4 is 11.5 Å². The lowest BCUT2D eigenvalue weighted by molar-refractivity contribution is 0.315. The Morgan fingerprint density at radius 3 is 2.27 bits per heavy atom. The number of hydrogen-bond acceptors (Lipinski definition) is 6. The molecule has 0 saturated heterocycles. The maximum Gasteiger partial charge on any atom is 0.242 e. The molecule has 0 unspecified atom stereocenters. The van der Waals surface area contributed by atoms with Crippen molar-refractivity contribution in [1.29, 1.82) is 0 Å². The molecule has 126 valence electrons. The quantitative estimate of drug-likeness (QED) is 0.768. The zero-order chi connectivity index (χ0) is 16.8. The molecule has 0 fully saturated rings. The number of nitrogens with one attached hydrogen (secondary N) is 1. The predicted octanol–water partition coefficient (Wildman–Crippen LogP) is 2.51. The van der Waals surface area contributed by atoms with Crippen LogP contribution in [0.15, 0.2) is 0 Å². The van der Waals surface area contributed by atoms with Crippen LogP contribution in [0.1, 0.15) is 47.4 Å². The van der Waals surface area contributed by atoms with Gasteiger partial charge in [-0.15, -0.1) is 0 Å². The largest absolute Gasteiger partial charge is 0.476 e. The Hall–Kier alpha value is -1.56. The van der Waals surface area contributed by atoms with Crippen LogP contribution in [0, 0.1) is 0 Å². The van der Waals surface area contributed by atoms with Gasteiger partial charge in [0.25, 0.3) is 0 Å². The lowest BCUT2D eigenvalue weighted by Crippen LogP contribution is -2.29. The van der Waals surface area contributed by atoms with Crippen LogP contribution < -0.4 is 15.8 Å². The van der Waals surface area contributed by atoms with Gasteiger partial charge in [-0.1, -0.05) is 34.6 Å². The molecule has 22 heavy (non-hydrogen) atoms. The highest BCUT2D eigenvalue weighted by Crippen LogP contribution is 2.30. The molecule has 1 rings (SSSR count). The van der Waals surface area contributed by atoms with Crippen LogP contribution in [-0.2, 0) is 5.41 Å². The maximum absolute atomic E-state index is 6.14. The molecule has 0 aliphatic rings. The van der Waals surface area contributed by atoms with E-state index in [1.807, 2.05) is 6.92 Å². The summed E-state index contributed by atoms with van der Waals surface area (Å²) in [6, 6.07) is 0. The fourth-order valence-corrected chi connectivity index (χ4v) is 2.04. The Labute approximate surface area is 134 Å². The van der Waals surface area contributed by atoms with Gasteiger partial charge in [0.1, 0.15) is 11.5 Å². The summed E-state index contributed by atoms with van der Waals surface area (Å²) < 4.78 is 5.56. The summed E-state index contributed by atoms with van der Waals surface area (Å²) in [6.07, 6.45) is 0. The molecule has 0 aromatic carbocycles. The summed E-state index contributed by atoms with van der Waals surface area (Å²) in [5.41, 5.74) is 6.46. The van der Waals surface area contributed by atoms with Gasteiger partial charge in [-0.3, -0.25) is 0 Å². The third-order valence-corrected chi connectivity index (χ3v) is 3.48. The van der Waals surface area contributed by atoms with Crippen molar-refractivity contribution in [3.63, 3.8) is 0 Å². The minimum atomic E-state index is -0.158. The van der Waals surface area contributed by atoms with Gasteiger partial charge in [-0.25, -0.2) is 4.98 Å². The molecule has 6 nitrogen and oxygen atoms in total. The van der Waals surface area contributed by atoms with E-state index in [0.717, 1.165) is 32.0 Å². The molecule has 1 aromatic rings. The van der Waals surface area contributed by atoms with Crippen LogP contribution in [-0.4, -0.2) is 47.7 Å². The smallest absolute Gasteiger partial charge is 0.242 e. The SMILES string of the molecule is CCOc1nc(C(C)(C)C)nc(NCCN(CC)CC)c1N. The molecule has 6 heteroatoms. The number of rotatable bonds is 8. The van der Waals surface area contributed by atoms with Crippen LogP contribution >= 0.6 is 0 Å². The highest BCUT2D eigenvalue weighted by molar-refractivity contribution is 5.67. The Kier molecular flexibility index (Phi) is 6.87. The number of nitrogen functional groups attached to an aromatic ring is 1. The number of ether oxygens (including phenoxy) is 1. The first-order valence-electron chi connectivity index (χ1n) is 8.10. The lowest BCUT2D eigenvalue weighted by atomic mass is 9.96. The second kappa shape index (κ2) is 8.17. The summed E-state index contributed by atoms with van der Waals surface area (Å²) in [6.45, 7) is 16.8. The standard InChI is InChI=1S/C16H31N5O/c1-7-21(8-2)11-10-18-13-12(17)14(22-9-3)20-15(19-13)16(4,5)6/h7-11,17H2,1-6H3,(H,18,19,20). The number of aromatic nitrogens is 2. The molecular formula is C16H31N5O. The van der Waals surface area contributed by atoms with Crippen LogP contribution in [0.5, 0.6) is 5.88 Å². The van der Waals surface area contributed by atoms with E-state index in [1.54, 1.807) is 0 Å². The molecule has 0 aliphatic carbocycles. The van der Waals surface area contributed by atoms with E-state index in [-0.39, 0.29) is 5.41 Å². The summed E-state index contributed by atoms with van der Waals surface area (Å²) >= 11 is 0. The summed E-state index contributed by atoms with van der Waals surface area (Å²) in [5, 5.41) is 3.33. The summed E-state index contributed by atoms with van der Waals surface area (Å²) in [5.74, 6) is 1.86. The third kappa shape index (κ3) is 5.02. The van der Waals surface area contributed by atoms with Gasteiger partial charge in [0.05, 0.1) is 6.61 Å². The van der Waals surface area contributed by atoms with E-state index in [2.05, 4.69) is 54.8 Å². The minimum absolute atomic E-state index is 0.158. The molecule has 0 spiro atoms. The summed E-state index contributed by atoms with van der Waals surface area (Å²) in [7, 11) is 0. The zero-order valence-corrected chi connectivity index (χ0v) is 14.9. The van der Waals surface area contributed by atoms with Crippen molar-refractivity contribution < 1.29 is 4.74 Å². The first kappa shape index (κ1) is 18.5. The highest BCUT2D eigenvalue weighted by Gasteiger charge is 2.22. The zero-order valence-electron chi connectivity index (χ0n) is 14.9. The van der Waals surface area contributed by atoms with Crippen LogP contribution in [0.25, 0.3) is 0 Å². The second-order valence-corrected chi connectivity index (χ2v) is 6.25. The second-order valence-electron chi connectivity index (χ2n) is 6.25. The van der Waals surface area contributed by atoms with E-state index in [9.17, 15) is 0 Å². The Bertz CT molecular complexity index is 466. The van der Waals surface area contributed by atoms with Crippen molar-refractivity contribution in [3.05, 3.63) is 5.82 Å². The molecule has 0 saturated carbocycles. The molecule has 1 heterocycles. The Balaban J connectivity index is 2.94. The van der Waals surface area contributed by atoms with E-state index < -0.39 is 0 Å². The number of nitrogens with two attached hydrogens (primary N) is 1. The van der Waals surface area contributed by atoms with Gasteiger partial charge in [0.15, 0.2) is 5.82 Å². The Morgan fingerprint density at radius 1 is 1.14 bits per heavy atom. The molecule has 0 radical (unpaired) electrons. The van der Waals surface area contributed by atoms with Gasteiger partial charge in [0.2, 0.25) is 5.88 Å². The van der Waals surface area contributed by atoms with E-state index in [4.69, 9.17) is 10.5 Å². The van der Waals surface area contributed by atoms with Crippen LogP contribution in [0.3, 0.4) is 0 Å². The van der Waals surface area contributed by atoms with Crippen molar-refractivity contribution in [3.8, 4) is 5.88 Å². The highest BCUT2D eigenvalue weighted by atomic mass is 16.5. The van der Waals surface area contributed by atoms with Crippen molar-refractivity contribution in [2.45, 2.75) is 47.0 Å². The normalized spacial score (nSPS) is 11.8. The average molecular weight is 309 g/mol. The average Bonchev–Trinajstić information content (AvgIpc) is 2.46. The monoisotopic (exact) mass is 309 g/mol. The molecule has 0 bridgehead atoms. The molecule has 0 atom stereocenters. The van der Waals surface area contributed by atoms with Crippen LogP contribution in [0.4, 0.5) is 11.5 Å². The number of hydrogen-bond donors (Lipinski definition) is 2. The predicted molar refractivity (Wildman–Crippen MR) is 92.6 cm³/mol. The van der Waals surface area contributed by atoms with Crippen molar-refractivity contribution in [2.24, 2.45) is 0 Å². The van der Waals surface area contributed by atoms with Crippen molar-refractivity contribution in [2.75, 3.05) is 43.8 Å². The van der Waals surface area contributed by atoms with Gasteiger partial charge in [-0.05, 0) is 20.0 Å². The molecule has 0 amide bonds. The van der Waals surface area contributed by atoms with Crippen LogP contribution in [0.2, 0.25) is 0 Å². The van der Waals surface area contributed by atoms with Gasteiger partial charge >= 0.3 is 0 Å². The fourth-order valence-electron chi connectivity index (χ4n) is 2.04. The van der Waals surface area contributed by atoms with E-state index in [0.29, 0.717) is 24.0 Å².